The minimum Gasteiger partial charge on any atom is -0.394 e. The zero-order valence-electron chi connectivity index (χ0n) is 42.7. The van der Waals surface area contributed by atoms with Crippen LogP contribution in [0.15, 0.2) is 48.6 Å². The highest BCUT2D eigenvalue weighted by molar-refractivity contribution is 5.76. The molecule has 0 aromatic carbocycles. The second kappa shape index (κ2) is 46.9. The number of amides is 1. The molecule has 0 spiro atoms. The maximum atomic E-state index is 13.0. The molecular weight excluding hydrogens is 827 g/mol. The predicted molar refractivity (Wildman–Crippen MR) is 276 cm³/mol. The molecule has 1 amide bonds. The van der Waals surface area contributed by atoms with Crippen LogP contribution in [0.25, 0.3) is 0 Å². The number of carbonyl (C=O) groups excluding carboxylic acids is 1. The van der Waals surface area contributed by atoms with Crippen LogP contribution in [-0.2, 0) is 14.3 Å². The second-order valence-corrected chi connectivity index (χ2v) is 19.4. The number of allylic oxidation sites excluding steroid dienone is 7. The molecule has 1 fully saturated rings. The Morgan fingerprint density at radius 3 is 1.36 bits per heavy atom. The zero-order valence-corrected chi connectivity index (χ0v) is 42.7. The molecule has 0 saturated carbocycles. The first-order valence-corrected chi connectivity index (χ1v) is 27.9. The molecule has 9 nitrogen and oxygen atoms in total. The van der Waals surface area contributed by atoms with E-state index in [2.05, 4.69) is 55.6 Å². The van der Waals surface area contributed by atoms with Gasteiger partial charge in [-0.1, -0.05) is 229 Å². The van der Waals surface area contributed by atoms with Crippen LogP contribution >= 0.6 is 0 Å². The molecule has 1 saturated heterocycles. The van der Waals surface area contributed by atoms with E-state index in [4.69, 9.17) is 9.47 Å². The Labute approximate surface area is 405 Å². The van der Waals surface area contributed by atoms with Crippen molar-refractivity contribution in [2.24, 2.45) is 0 Å². The van der Waals surface area contributed by atoms with Gasteiger partial charge in [-0.05, 0) is 64.2 Å². The third-order valence-electron chi connectivity index (χ3n) is 13.1. The summed E-state index contributed by atoms with van der Waals surface area (Å²) in [5.41, 5.74) is 0. The lowest BCUT2D eigenvalue weighted by atomic mass is 9.99. The number of aliphatic hydroxyl groups excluding tert-OH is 5. The third kappa shape index (κ3) is 36.2. The Morgan fingerprint density at radius 1 is 0.515 bits per heavy atom. The third-order valence-corrected chi connectivity index (χ3v) is 13.1. The lowest BCUT2D eigenvalue weighted by Crippen LogP contribution is -2.60. The molecule has 1 aliphatic heterocycles. The fourth-order valence-electron chi connectivity index (χ4n) is 8.67. The molecule has 386 valence electrons. The molecule has 1 heterocycles. The lowest BCUT2D eigenvalue weighted by Gasteiger charge is -2.40. The van der Waals surface area contributed by atoms with Crippen molar-refractivity contribution in [3.8, 4) is 0 Å². The number of ether oxygens (including phenoxy) is 2. The number of unbranched alkanes of at least 4 members (excludes halogenated alkanes) is 31. The van der Waals surface area contributed by atoms with Crippen molar-refractivity contribution in [1.29, 1.82) is 0 Å². The fourth-order valence-corrected chi connectivity index (χ4v) is 8.67. The summed E-state index contributed by atoms with van der Waals surface area (Å²) >= 11 is 0. The van der Waals surface area contributed by atoms with Gasteiger partial charge in [0.05, 0.1) is 25.4 Å². The van der Waals surface area contributed by atoms with E-state index in [0.29, 0.717) is 6.42 Å². The molecule has 0 aromatic rings. The molecule has 0 aromatic heterocycles. The smallest absolute Gasteiger partial charge is 0.220 e. The molecule has 7 atom stereocenters. The summed E-state index contributed by atoms with van der Waals surface area (Å²) < 4.78 is 11.2. The summed E-state index contributed by atoms with van der Waals surface area (Å²) in [6.07, 6.45) is 54.5. The summed E-state index contributed by atoms with van der Waals surface area (Å²) in [4.78, 5) is 13.0. The number of carbonyl (C=O) groups is 1. The van der Waals surface area contributed by atoms with Gasteiger partial charge in [0, 0.05) is 6.42 Å². The Morgan fingerprint density at radius 2 is 0.909 bits per heavy atom. The van der Waals surface area contributed by atoms with E-state index in [0.717, 1.165) is 44.9 Å². The van der Waals surface area contributed by atoms with Gasteiger partial charge < -0.3 is 40.3 Å². The van der Waals surface area contributed by atoms with Crippen LogP contribution in [0.1, 0.15) is 251 Å². The van der Waals surface area contributed by atoms with Crippen LogP contribution in [-0.4, -0.2) is 87.5 Å². The lowest BCUT2D eigenvalue weighted by molar-refractivity contribution is -0.302. The summed E-state index contributed by atoms with van der Waals surface area (Å²) in [5.74, 6) is -0.187. The first-order chi connectivity index (χ1) is 32.3. The molecule has 1 rings (SSSR count). The number of hydrogen-bond acceptors (Lipinski definition) is 8. The van der Waals surface area contributed by atoms with Gasteiger partial charge in [-0.15, -0.1) is 0 Å². The largest absolute Gasteiger partial charge is 0.394 e. The highest BCUT2D eigenvalue weighted by atomic mass is 16.7. The number of rotatable bonds is 47. The van der Waals surface area contributed by atoms with Crippen LogP contribution in [0.4, 0.5) is 0 Å². The molecule has 66 heavy (non-hydrogen) atoms. The van der Waals surface area contributed by atoms with E-state index in [-0.39, 0.29) is 12.5 Å². The van der Waals surface area contributed by atoms with Gasteiger partial charge in [-0.2, -0.15) is 0 Å². The van der Waals surface area contributed by atoms with E-state index in [1.165, 1.54) is 186 Å². The first-order valence-electron chi connectivity index (χ1n) is 27.9. The van der Waals surface area contributed by atoms with Crippen LogP contribution < -0.4 is 5.32 Å². The Balaban J connectivity index is 2.25. The molecule has 6 N–H and O–H groups in total. The maximum absolute atomic E-state index is 13.0. The van der Waals surface area contributed by atoms with Crippen LogP contribution in [0, 0.1) is 0 Å². The molecule has 0 radical (unpaired) electrons. The fraction of sp³-hybridized carbons (Fsp3) is 0.842. The van der Waals surface area contributed by atoms with Gasteiger partial charge in [0.15, 0.2) is 6.29 Å². The highest BCUT2D eigenvalue weighted by Crippen LogP contribution is 2.23. The van der Waals surface area contributed by atoms with Gasteiger partial charge in [0.1, 0.15) is 24.4 Å². The van der Waals surface area contributed by atoms with E-state index in [1.54, 1.807) is 6.08 Å². The minimum absolute atomic E-state index is 0.187. The van der Waals surface area contributed by atoms with E-state index in [1.807, 2.05) is 6.08 Å². The second-order valence-electron chi connectivity index (χ2n) is 19.4. The Kier molecular flexibility index (Phi) is 44.1. The van der Waals surface area contributed by atoms with E-state index >= 15 is 0 Å². The highest BCUT2D eigenvalue weighted by Gasteiger charge is 2.44. The van der Waals surface area contributed by atoms with Crippen LogP contribution in [0.3, 0.4) is 0 Å². The SMILES string of the molecule is CCCCCCC/C=C\C/C=C\CCCCCCCCCCCCCCCC(=O)NC(COC1OC(CO)C(O)C(O)C1O)C(O)/C=C/CC/C=C/CCCCCCCCCCCCCC. The molecule has 7 unspecified atom stereocenters. The van der Waals surface area contributed by atoms with Gasteiger partial charge in [-0.25, -0.2) is 0 Å². The zero-order chi connectivity index (χ0) is 48.0. The van der Waals surface area contributed by atoms with Gasteiger partial charge >= 0.3 is 0 Å². The molecule has 0 aliphatic carbocycles. The van der Waals surface area contributed by atoms with Crippen LogP contribution in [0.5, 0.6) is 0 Å². The number of hydrogen-bond donors (Lipinski definition) is 6. The Bertz CT molecular complexity index is 1170. The average Bonchev–Trinajstić information content (AvgIpc) is 3.32. The minimum atomic E-state index is -1.57. The van der Waals surface area contributed by atoms with Crippen molar-refractivity contribution in [2.45, 2.75) is 294 Å². The maximum Gasteiger partial charge on any atom is 0.220 e. The Hall–Kier alpha value is -1.85. The number of aliphatic hydroxyl groups is 5. The quantitative estimate of drug-likeness (QED) is 0.0261. The first kappa shape index (κ1) is 62.2. The normalized spacial score (nSPS) is 20.1. The average molecular weight is 932 g/mol. The van der Waals surface area contributed by atoms with Crippen LogP contribution in [0.2, 0.25) is 0 Å². The van der Waals surface area contributed by atoms with E-state index in [9.17, 15) is 30.3 Å². The van der Waals surface area contributed by atoms with Crippen molar-refractivity contribution < 1.29 is 39.8 Å². The topological polar surface area (TPSA) is 149 Å². The predicted octanol–water partition coefficient (Wildman–Crippen LogP) is 13.3. The summed E-state index contributed by atoms with van der Waals surface area (Å²) in [6.45, 7) is 3.77. The standard InChI is InChI=1S/C57H105NO8/c1-3-5-7-9-11-13-15-17-19-21-23-24-25-26-27-28-29-31-33-35-37-39-41-43-45-47-53(61)58-50(49-65-57-56(64)55(63)54(62)52(48-59)66-57)51(60)46-44-42-40-38-36-34-32-30-22-20-18-16-14-12-10-8-6-4-2/h15,17,21,23,36,38,44,46,50-52,54-57,59-60,62-64H,3-14,16,18-20,22,24-35,37,39-43,45,47-49H2,1-2H3,(H,58,61)/b17-15-,23-21-,38-36+,46-44+. The van der Waals surface area contributed by atoms with Gasteiger partial charge in [-0.3, -0.25) is 4.79 Å². The molecule has 1 aliphatic rings. The molecule has 0 bridgehead atoms. The number of nitrogens with one attached hydrogen (secondary N) is 1. The molecule has 9 heteroatoms. The van der Waals surface area contributed by atoms with Gasteiger partial charge in [0.25, 0.3) is 0 Å². The van der Waals surface area contributed by atoms with Gasteiger partial charge in [0.2, 0.25) is 5.91 Å². The van der Waals surface area contributed by atoms with Crippen molar-refractivity contribution in [3.63, 3.8) is 0 Å². The van der Waals surface area contributed by atoms with Crippen molar-refractivity contribution in [3.05, 3.63) is 48.6 Å². The molecular formula is C57H105NO8. The summed E-state index contributed by atoms with van der Waals surface area (Å²) in [5, 5.41) is 54.4. The van der Waals surface area contributed by atoms with Crippen molar-refractivity contribution >= 4 is 5.91 Å². The summed E-state index contributed by atoms with van der Waals surface area (Å²) in [6, 6.07) is -0.823. The van der Waals surface area contributed by atoms with E-state index < -0.39 is 49.5 Å². The monoisotopic (exact) mass is 932 g/mol. The van der Waals surface area contributed by atoms with Crippen molar-refractivity contribution in [2.75, 3.05) is 13.2 Å². The van der Waals surface area contributed by atoms with Crippen molar-refractivity contribution in [1.82, 2.24) is 5.32 Å². The summed E-state index contributed by atoms with van der Waals surface area (Å²) in [7, 11) is 0.